The highest BCUT2D eigenvalue weighted by Crippen LogP contribution is 2.26. The number of fused-ring (bicyclic) bond motifs is 1. The maximum Gasteiger partial charge on any atom is 0.300 e. The normalized spacial score (nSPS) is 11.1. The Morgan fingerprint density at radius 3 is 2.32 bits per heavy atom. The van der Waals surface area contributed by atoms with E-state index in [-0.39, 0.29) is 23.8 Å². The third-order valence-corrected chi connectivity index (χ3v) is 5.65. The van der Waals surface area contributed by atoms with Crippen LogP contribution < -0.4 is 15.6 Å². The largest absolute Gasteiger partial charge is 0.457 e. The van der Waals surface area contributed by atoms with Gasteiger partial charge in [-0.1, -0.05) is 23.7 Å². The van der Waals surface area contributed by atoms with E-state index >= 15 is 0 Å². The van der Waals surface area contributed by atoms with Crippen molar-refractivity contribution in [2.24, 2.45) is 0 Å². The molecule has 0 amide bonds. The number of rotatable bonds is 8. The van der Waals surface area contributed by atoms with Gasteiger partial charge in [0.1, 0.15) is 18.2 Å². The van der Waals surface area contributed by atoms with E-state index < -0.39 is 24.1 Å². The van der Waals surface area contributed by atoms with Crippen LogP contribution in [0.5, 0.6) is 11.5 Å². The molecule has 0 spiro atoms. The Labute approximate surface area is 213 Å². The molecule has 2 aromatic carbocycles. The third kappa shape index (κ3) is 5.41. The predicted molar refractivity (Wildman–Crippen MR) is 132 cm³/mol. The van der Waals surface area contributed by atoms with Gasteiger partial charge in [0, 0.05) is 22.8 Å². The van der Waals surface area contributed by atoms with Gasteiger partial charge >= 0.3 is 5.56 Å². The zero-order chi connectivity index (χ0) is 25.9. The highest BCUT2D eigenvalue weighted by Gasteiger charge is 2.17. The van der Waals surface area contributed by atoms with E-state index in [1.54, 1.807) is 41.0 Å². The summed E-state index contributed by atoms with van der Waals surface area (Å²) in [6, 6.07) is 15.6. The fourth-order valence-electron chi connectivity index (χ4n) is 3.75. The summed E-state index contributed by atoms with van der Waals surface area (Å²) >= 11 is 6.01. The van der Waals surface area contributed by atoms with Crippen molar-refractivity contribution in [3.05, 3.63) is 99.8 Å². The highest BCUT2D eigenvalue weighted by atomic mass is 35.5. The molecule has 0 aliphatic carbocycles. The smallest absolute Gasteiger partial charge is 0.300 e. The van der Waals surface area contributed by atoms with Crippen LogP contribution in [0, 0.1) is 11.9 Å². The molecule has 0 bridgehead atoms. The summed E-state index contributed by atoms with van der Waals surface area (Å²) in [5, 5.41) is 3.69. The first kappa shape index (κ1) is 24.3. The zero-order valence-corrected chi connectivity index (χ0v) is 19.8. The Morgan fingerprint density at radius 2 is 1.65 bits per heavy atom. The van der Waals surface area contributed by atoms with Gasteiger partial charge in [-0.25, -0.2) is 9.37 Å². The maximum atomic E-state index is 13.3. The second-order valence-corrected chi connectivity index (χ2v) is 8.39. The van der Waals surface area contributed by atoms with E-state index in [1.165, 1.54) is 10.9 Å². The number of anilines is 2. The fraction of sp³-hybridized carbons (Fsp3) is 0.120. The quantitative estimate of drug-likeness (QED) is 0.270. The first-order valence-electron chi connectivity index (χ1n) is 11.0. The average Bonchev–Trinajstić information content (AvgIpc) is 3.28. The molecule has 0 aliphatic heterocycles. The Bertz CT molecular complexity index is 1600. The molecule has 0 saturated heterocycles. The average molecular weight is 527 g/mol. The molecule has 5 aromatic rings. The Kier molecular flexibility index (Phi) is 6.78. The minimum atomic E-state index is -0.998. The van der Waals surface area contributed by atoms with Crippen molar-refractivity contribution in [3.8, 4) is 11.5 Å². The van der Waals surface area contributed by atoms with Gasteiger partial charge in [-0.05, 0) is 42.0 Å². The van der Waals surface area contributed by atoms with E-state index in [4.69, 9.17) is 16.3 Å². The van der Waals surface area contributed by atoms with Crippen LogP contribution in [0.4, 0.5) is 24.8 Å². The third-order valence-electron chi connectivity index (χ3n) is 5.40. The summed E-state index contributed by atoms with van der Waals surface area (Å²) in [5.74, 6) is -1.50. The van der Waals surface area contributed by atoms with Crippen LogP contribution in [0.3, 0.4) is 0 Å². The van der Waals surface area contributed by atoms with Gasteiger partial charge in [-0.15, -0.1) is 0 Å². The van der Waals surface area contributed by atoms with Crippen LogP contribution in [-0.4, -0.2) is 30.8 Å². The molecule has 8 nitrogen and oxygen atoms in total. The minimum Gasteiger partial charge on any atom is -0.457 e. The lowest BCUT2D eigenvalue weighted by Crippen LogP contribution is -2.20. The molecule has 0 unspecified atom stereocenters. The summed E-state index contributed by atoms with van der Waals surface area (Å²) in [6.07, 6.45) is 1.41. The lowest BCUT2D eigenvalue weighted by molar-refractivity contribution is 0.449. The van der Waals surface area contributed by atoms with Gasteiger partial charge in [0.05, 0.1) is 19.4 Å². The number of hydrogen-bond donors (Lipinski definition) is 1. The number of aryl methyl sites for hydroxylation is 1. The van der Waals surface area contributed by atoms with Crippen molar-refractivity contribution in [1.29, 1.82) is 0 Å². The first-order valence-corrected chi connectivity index (χ1v) is 11.4. The molecule has 12 heteroatoms. The van der Waals surface area contributed by atoms with Crippen molar-refractivity contribution >= 4 is 34.4 Å². The number of hydrogen-bond acceptors (Lipinski definition) is 6. The number of imidazole rings is 1. The number of pyridine rings is 1. The summed E-state index contributed by atoms with van der Waals surface area (Å²) in [7, 11) is 0. The first-order chi connectivity index (χ1) is 17.9. The summed E-state index contributed by atoms with van der Waals surface area (Å²) in [4.78, 5) is 24.4. The molecule has 3 heterocycles. The van der Waals surface area contributed by atoms with E-state index in [0.717, 1.165) is 17.7 Å². The molecular formula is C25H18ClF3N6O2. The molecule has 0 radical (unpaired) electrons. The molecule has 1 N–H and O–H groups in total. The molecule has 37 heavy (non-hydrogen) atoms. The van der Waals surface area contributed by atoms with E-state index in [1.807, 2.05) is 12.1 Å². The van der Waals surface area contributed by atoms with Crippen molar-refractivity contribution in [1.82, 2.24) is 24.1 Å². The number of halogens is 4. The van der Waals surface area contributed by atoms with Crippen LogP contribution in [0.2, 0.25) is 5.02 Å². The highest BCUT2D eigenvalue weighted by molar-refractivity contribution is 6.30. The number of nitrogens with zero attached hydrogens (tertiary/aromatic N) is 5. The molecule has 0 atom stereocenters. The molecular weight excluding hydrogens is 509 g/mol. The number of benzene rings is 2. The van der Waals surface area contributed by atoms with Crippen molar-refractivity contribution in [2.45, 2.75) is 13.1 Å². The number of ether oxygens (including phenoxy) is 1. The Balaban J connectivity index is 1.48. The standard InChI is InChI=1S/C25H18ClF3N6O2/c26-16-3-1-15(2-4-16)13-35-23-22(34(10-9-27)14-30-23)24(36)33-25(35)31-17-5-7-18(8-6-17)37-19-11-20(28)32-21(29)12-19/h1-8,11-12,14H,9-10,13H2,(H,31,33,36). The minimum absolute atomic E-state index is 0.0200. The summed E-state index contributed by atoms with van der Waals surface area (Å²) < 4.78 is 48.3. The molecule has 188 valence electrons. The van der Waals surface area contributed by atoms with Gasteiger partial charge < -0.3 is 14.6 Å². The van der Waals surface area contributed by atoms with Crippen LogP contribution in [0.25, 0.3) is 11.2 Å². The Hall–Kier alpha value is -4.38. The van der Waals surface area contributed by atoms with Crippen LogP contribution in [0.15, 0.2) is 71.8 Å². The van der Waals surface area contributed by atoms with Crippen molar-refractivity contribution in [2.75, 3.05) is 12.0 Å². The lowest BCUT2D eigenvalue weighted by Gasteiger charge is -2.16. The maximum absolute atomic E-state index is 13.3. The van der Waals surface area contributed by atoms with Gasteiger partial charge in [-0.2, -0.15) is 18.7 Å². The monoisotopic (exact) mass is 526 g/mol. The van der Waals surface area contributed by atoms with Crippen molar-refractivity contribution < 1.29 is 17.9 Å². The van der Waals surface area contributed by atoms with E-state index in [9.17, 15) is 18.0 Å². The fourth-order valence-corrected chi connectivity index (χ4v) is 3.88. The Morgan fingerprint density at radius 1 is 0.946 bits per heavy atom. The van der Waals surface area contributed by atoms with Gasteiger partial charge in [0.25, 0.3) is 0 Å². The van der Waals surface area contributed by atoms with Gasteiger partial charge in [0.2, 0.25) is 17.8 Å². The van der Waals surface area contributed by atoms with Gasteiger partial charge in [-0.3, -0.25) is 9.36 Å². The van der Waals surface area contributed by atoms with Gasteiger partial charge in [0.15, 0.2) is 11.2 Å². The van der Waals surface area contributed by atoms with Crippen LogP contribution >= 0.6 is 11.6 Å². The second kappa shape index (κ2) is 10.3. The van der Waals surface area contributed by atoms with Crippen LogP contribution in [0.1, 0.15) is 5.56 Å². The zero-order valence-electron chi connectivity index (χ0n) is 19.0. The molecule has 0 saturated carbocycles. The number of alkyl halides is 1. The molecule has 0 aliphatic rings. The predicted octanol–water partition coefficient (Wildman–Crippen LogP) is 5.47. The van der Waals surface area contributed by atoms with E-state index in [0.29, 0.717) is 28.7 Å². The SMILES string of the molecule is O=c1nc(Nc2ccc(Oc3cc(F)nc(F)c3)cc2)n(Cc2ccc(Cl)cc2)c2ncn(CCF)c12. The molecule has 0 fully saturated rings. The lowest BCUT2D eigenvalue weighted by atomic mass is 10.2. The second-order valence-electron chi connectivity index (χ2n) is 7.95. The number of nitrogens with one attached hydrogen (secondary N) is 1. The molecule has 3 aromatic heterocycles. The molecule has 5 rings (SSSR count). The topological polar surface area (TPSA) is 86.9 Å². The summed E-state index contributed by atoms with van der Waals surface area (Å²) in [6.45, 7) is -0.376. The summed E-state index contributed by atoms with van der Waals surface area (Å²) in [5.41, 5.74) is 1.40. The van der Waals surface area contributed by atoms with Crippen LogP contribution in [-0.2, 0) is 13.1 Å². The number of aromatic nitrogens is 5. The van der Waals surface area contributed by atoms with Crippen molar-refractivity contribution in [3.63, 3.8) is 0 Å². The van der Waals surface area contributed by atoms with E-state index in [2.05, 4.69) is 20.3 Å².